The summed E-state index contributed by atoms with van der Waals surface area (Å²) in [5.41, 5.74) is 2.54. The Bertz CT molecular complexity index is 436. The van der Waals surface area contributed by atoms with Crippen molar-refractivity contribution in [3.05, 3.63) is 29.3 Å². The maximum absolute atomic E-state index is 11.5. The molecule has 1 aromatic carbocycles. The van der Waals surface area contributed by atoms with E-state index < -0.39 is 0 Å². The van der Waals surface area contributed by atoms with Crippen LogP contribution in [0, 0.1) is 6.92 Å². The topological polar surface area (TPSA) is 38.3 Å². The molecule has 3 heteroatoms. The SMILES string of the molecule is Cc1cc(OCC(=O)NC2CC2)ccc1C(C)C. The fraction of sp³-hybridized carbons (Fsp3) is 0.533. The third kappa shape index (κ3) is 3.49. The summed E-state index contributed by atoms with van der Waals surface area (Å²) in [6.45, 7) is 6.53. The highest BCUT2D eigenvalue weighted by Crippen LogP contribution is 2.23. The van der Waals surface area contributed by atoms with Gasteiger partial charge in [0.05, 0.1) is 0 Å². The molecular formula is C15H21NO2. The first-order valence-electron chi connectivity index (χ1n) is 6.59. The number of aryl methyl sites for hydroxylation is 1. The van der Waals surface area contributed by atoms with Gasteiger partial charge < -0.3 is 10.1 Å². The van der Waals surface area contributed by atoms with Crippen LogP contribution in [0.4, 0.5) is 0 Å². The molecule has 1 aliphatic carbocycles. The summed E-state index contributed by atoms with van der Waals surface area (Å²) in [5, 5.41) is 2.90. The van der Waals surface area contributed by atoms with Gasteiger partial charge in [-0.05, 0) is 48.9 Å². The number of carbonyl (C=O) groups excluding carboxylic acids is 1. The average Bonchev–Trinajstić information content (AvgIpc) is 3.10. The van der Waals surface area contributed by atoms with Crippen LogP contribution in [0.5, 0.6) is 5.75 Å². The minimum Gasteiger partial charge on any atom is -0.484 e. The van der Waals surface area contributed by atoms with E-state index in [1.165, 1.54) is 11.1 Å². The van der Waals surface area contributed by atoms with Gasteiger partial charge in [0.2, 0.25) is 0 Å². The molecule has 0 aliphatic heterocycles. The monoisotopic (exact) mass is 247 g/mol. The van der Waals surface area contributed by atoms with Crippen molar-refractivity contribution in [2.45, 2.75) is 45.6 Å². The van der Waals surface area contributed by atoms with Gasteiger partial charge in [-0.3, -0.25) is 4.79 Å². The Morgan fingerprint density at radius 2 is 2.17 bits per heavy atom. The summed E-state index contributed by atoms with van der Waals surface area (Å²) in [6.07, 6.45) is 2.21. The third-order valence-electron chi connectivity index (χ3n) is 3.18. The van der Waals surface area contributed by atoms with E-state index in [1.807, 2.05) is 12.1 Å². The molecule has 0 radical (unpaired) electrons. The van der Waals surface area contributed by atoms with Gasteiger partial charge in [0, 0.05) is 6.04 Å². The molecule has 0 spiro atoms. The van der Waals surface area contributed by atoms with Crippen LogP contribution < -0.4 is 10.1 Å². The summed E-state index contributed by atoms with van der Waals surface area (Å²) in [7, 11) is 0. The predicted molar refractivity (Wildman–Crippen MR) is 71.9 cm³/mol. The van der Waals surface area contributed by atoms with Crippen LogP contribution in [0.1, 0.15) is 43.7 Å². The van der Waals surface area contributed by atoms with Gasteiger partial charge in [-0.2, -0.15) is 0 Å². The van der Waals surface area contributed by atoms with Crippen molar-refractivity contribution in [2.24, 2.45) is 0 Å². The Labute approximate surface area is 109 Å². The summed E-state index contributed by atoms with van der Waals surface area (Å²) >= 11 is 0. The molecule has 18 heavy (non-hydrogen) atoms. The van der Waals surface area contributed by atoms with E-state index in [4.69, 9.17) is 4.74 Å². The Kier molecular flexibility index (Phi) is 3.90. The number of benzene rings is 1. The Hall–Kier alpha value is -1.51. The molecule has 1 N–H and O–H groups in total. The fourth-order valence-electron chi connectivity index (χ4n) is 2.03. The van der Waals surface area contributed by atoms with Crippen LogP contribution in [0.3, 0.4) is 0 Å². The van der Waals surface area contributed by atoms with E-state index in [2.05, 4.69) is 32.2 Å². The molecule has 2 rings (SSSR count). The molecule has 98 valence electrons. The zero-order valence-electron chi connectivity index (χ0n) is 11.3. The first kappa shape index (κ1) is 12.9. The Morgan fingerprint density at radius 1 is 1.44 bits per heavy atom. The second-order valence-corrected chi connectivity index (χ2v) is 5.30. The van der Waals surface area contributed by atoms with Gasteiger partial charge in [0.15, 0.2) is 6.61 Å². The standard InChI is InChI=1S/C15H21NO2/c1-10(2)14-7-6-13(8-11(14)3)18-9-15(17)16-12-4-5-12/h6-8,10,12H,4-5,9H2,1-3H3,(H,16,17). The zero-order chi connectivity index (χ0) is 13.1. The molecule has 1 saturated carbocycles. The summed E-state index contributed by atoms with van der Waals surface area (Å²) in [4.78, 5) is 11.5. The largest absolute Gasteiger partial charge is 0.484 e. The molecular weight excluding hydrogens is 226 g/mol. The normalized spacial score (nSPS) is 14.7. The van der Waals surface area contributed by atoms with Crippen molar-refractivity contribution >= 4 is 5.91 Å². The van der Waals surface area contributed by atoms with Crippen LogP contribution in [0.25, 0.3) is 0 Å². The highest BCUT2D eigenvalue weighted by Gasteiger charge is 2.23. The molecule has 1 aliphatic rings. The van der Waals surface area contributed by atoms with E-state index in [0.717, 1.165) is 18.6 Å². The summed E-state index contributed by atoms with van der Waals surface area (Å²) < 4.78 is 5.50. The minimum absolute atomic E-state index is 0.0249. The average molecular weight is 247 g/mol. The lowest BCUT2D eigenvalue weighted by Crippen LogP contribution is -2.30. The van der Waals surface area contributed by atoms with Crippen molar-refractivity contribution in [3.63, 3.8) is 0 Å². The maximum Gasteiger partial charge on any atom is 0.258 e. The Morgan fingerprint density at radius 3 is 2.72 bits per heavy atom. The molecule has 0 saturated heterocycles. The molecule has 1 fully saturated rings. The third-order valence-corrected chi connectivity index (χ3v) is 3.18. The zero-order valence-corrected chi connectivity index (χ0v) is 11.3. The number of nitrogens with one attached hydrogen (secondary N) is 1. The summed E-state index contributed by atoms with van der Waals surface area (Å²) in [5.74, 6) is 1.25. The van der Waals surface area contributed by atoms with Gasteiger partial charge >= 0.3 is 0 Å². The molecule has 1 amide bonds. The second kappa shape index (κ2) is 5.42. The lowest BCUT2D eigenvalue weighted by molar-refractivity contribution is -0.123. The van der Waals surface area contributed by atoms with Gasteiger partial charge in [-0.1, -0.05) is 19.9 Å². The smallest absolute Gasteiger partial charge is 0.258 e. The van der Waals surface area contributed by atoms with Crippen LogP contribution in [-0.4, -0.2) is 18.6 Å². The quantitative estimate of drug-likeness (QED) is 0.869. The molecule has 0 unspecified atom stereocenters. The molecule has 1 aromatic rings. The van der Waals surface area contributed by atoms with Gasteiger partial charge in [0.25, 0.3) is 5.91 Å². The molecule has 0 heterocycles. The predicted octanol–water partition coefficient (Wildman–Crippen LogP) is 2.78. The highest BCUT2D eigenvalue weighted by molar-refractivity contribution is 5.78. The Balaban J connectivity index is 1.88. The number of hydrogen-bond donors (Lipinski definition) is 1. The number of amides is 1. The minimum atomic E-state index is -0.0249. The second-order valence-electron chi connectivity index (χ2n) is 5.30. The van der Waals surface area contributed by atoms with Crippen LogP contribution in [-0.2, 0) is 4.79 Å². The van der Waals surface area contributed by atoms with Crippen LogP contribution in [0.2, 0.25) is 0 Å². The van der Waals surface area contributed by atoms with Crippen molar-refractivity contribution in [3.8, 4) is 5.75 Å². The van der Waals surface area contributed by atoms with E-state index >= 15 is 0 Å². The maximum atomic E-state index is 11.5. The first-order chi connectivity index (χ1) is 8.56. The van der Waals surface area contributed by atoms with Crippen LogP contribution in [0.15, 0.2) is 18.2 Å². The van der Waals surface area contributed by atoms with Crippen molar-refractivity contribution in [2.75, 3.05) is 6.61 Å². The number of rotatable bonds is 5. The summed E-state index contributed by atoms with van der Waals surface area (Å²) in [6, 6.07) is 6.41. The number of carbonyl (C=O) groups is 1. The molecule has 0 bridgehead atoms. The van der Waals surface area contributed by atoms with E-state index in [-0.39, 0.29) is 12.5 Å². The van der Waals surface area contributed by atoms with Gasteiger partial charge in [0.1, 0.15) is 5.75 Å². The first-order valence-corrected chi connectivity index (χ1v) is 6.59. The fourth-order valence-corrected chi connectivity index (χ4v) is 2.03. The van der Waals surface area contributed by atoms with E-state index in [1.54, 1.807) is 0 Å². The molecule has 0 aromatic heterocycles. The highest BCUT2D eigenvalue weighted by atomic mass is 16.5. The van der Waals surface area contributed by atoms with Crippen molar-refractivity contribution in [1.82, 2.24) is 5.32 Å². The van der Waals surface area contributed by atoms with Gasteiger partial charge in [-0.15, -0.1) is 0 Å². The van der Waals surface area contributed by atoms with E-state index in [0.29, 0.717) is 12.0 Å². The van der Waals surface area contributed by atoms with Crippen molar-refractivity contribution in [1.29, 1.82) is 0 Å². The molecule has 3 nitrogen and oxygen atoms in total. The van der Waals surface area contributed by atoms with Crippen molar-refractivity contribution < 1.29 is 9.53 Å². The molecule has 0 atom stereocenters. The van der Waals surface area contributed by atoms with E-state index in [9.17, 15) is 4.79 Å². The number of hydrogen-bond acceptors (Lipinski definition) is 2. The van der Waals surface area contributed by atoms with Crippen LogP contribution >= 0.6 is 0 Å². The lowest BCUT2D eigenvalue weighted by atomic mass is 9.98. The number of ether oxygens (including phenoxy) is 1. The lowest BCUT2D eigenvalue weighted by Gasteiger charge is -2.12. The van der Waals surface area contributed by atoms with Gasteiger partial charge in [-0.25, -0.2) is 0 Å².